The molecule has 0 spiro atoms. The highest BCUT2D eigenvalue weighted by atomic mass is 16.5. The second-order valence-corrected chi connectivity index (χ2v) is 9.05. The Morgan fingerprint density at radius 2 is 1.19 bits per heavy atom. The Hall–Kier alpha value is -4.04. The third-order valence-corrected chi connectivity index (χ3v) is 6.37. The Kier molecular flexibility index (Phi) is 10.3. The molecule has 37 heavy (non-hydrogen) atoms. The van der Waals surface area contributed by atoms with Crippen molar-refractivity contribution in [2.75, 3.05) is 0 Å². The Morgan fingerprint density at radius 1 is 0.703 bits per heavy atom. The number of hydrogen-bond acceptors (Lipinski definition) is 5. The normalized spacial score (nSPS) is 10.4. The molecule has 0 aromatic heterocycles. The standard InChI is InChI=1S/C32H34O5/c1-5-7-8-9-10-11-12-25-13-15-26(16-14-25)31(33)36-29-21-22-30(24(4)23(29)3)37-32(34)27-17-19-28(20-18-27)35-6-2/h2,13-22H,5,7-12H2,1,3-4H3. The zero-order chi connectivity index (χ0) is 26.6. The first-order valence-corrected chi connectivity index (χ1v) is 12.8. The molecular formula is C32H34O5. The van der Waals surface area contributed by atoms with E-state index in [4.69, 9.17) is 20.6 Å². The summed E-state index contributed by atoms with van der Waals surface area (Å²) in [5.41, 5.74) is 3.51. The lowest BCUT2D eigenvalue weighted by Crippen LogP contribution is -2.12. The molecule has 192 valence electrons. The molecule has 0 aliphatic rings. The molecule has 3 rings (SSSR count). The lowest BCUT2D eigenvalue weighted by Gasteiger charge is -2.14. The van der Waals surface area contributed by atoms with Crippen LogP contribution < -0.4 is 14.2 Å². The van der Waals surface area contributed by atoms with Gasteiger partial charge in [-0.15, -0.1) is 0 Å². The lowest BCUT2D eigenvalue weighted by molar-refractivity contribution is 0.0717. The van der Waals surface area contributed by atoms with Crippen LogP contribution in [0, 0.1) is 26.4 Å². The summed E-state index contributed by atoms with van der Waals surface area (Å²) in [5.74, 6) is 0.345. The van der Waals surface area contributed by atoms with E-state index in [2.05, 4.69) is 13.0 Å². The van der Waals surface area contributed by atoms with Crippen molar-refractivity contribution in [1.82, 2.24) is 0 Å². The molecule has 0 fully saturated rings. The van der Waals surface area contributed by atoms with Gasteiger partial charge in [-0.1, -0.05) is 57.6 Å². The molecule has 0 aliphatic heterocycles. The van der Waals surface area contributed by atoms with Crippen LogP contribution in [0.3, 0.4) is 0 Å². The SMILES string of the molecule is C#COc1ccc(C(=O)Oc2ccc(OC(=O)c3ccc(CCCCCCCC)cc3)c(C)c2C)cc1. The number of terminal acetylenes is 1. The van der Waals surface area contributed by atoms with Crippen LogP contribution in [0.15, 0.2) is 60.7 Å². The van der Waals surface area contributed by atoms with Crippen LogP contribution in [0.4, 0.5) is 0 Å². The van der Waals surface area contributed by atoms with E-state index in [1.165, 1.54) is 37.7 Å². The third kappa shape index (κ3) is 7.98. The topological polar surface area (TPSA) is 61.8 Å². The molecule has 0 aliphatic carbocycles. The van der Waals surface area contributed by atoms with Crippen molar-refractivity contribution in [3.05, 3.63) is 88.5 Å². The first-order chi connectivity index (χ1) is 17.9. The fraction of sp³-hybridized carbons (Fsp3) is 0.312. The minimum absolute atomic E-state index is 0.358. The van der Waals surface area contributed by atoms with E-state index >= 15 is 0 Å². The summed E-state index contributed by atoms with van der Waals surface area (Å²) in [6.45, 7) is 5.86. The maximum atomic E-state index is 12.7. The van der Waals surface area contributed by atoms with Gasteiger partial charge in [-0.3, -0.25) is 0 Å². The van der Waals surface area contributed by atoms with Crippen LogP contribution in [-0.4, -0.2) is 11.9 Å². The molecule has 0 saturated heterocycles. The highest BCUT2D eigenvalue weighted by molar-refractivity contribution is 5.92. The van der Waals surface area contributed by atoms with Gasteiger partial charge in [0.15, 0.2) is 0 Å². The molecule has 5 nitrogen and oxygen atoms in total. The maximum Gasteiger partial charge on any atom is 0.343 e. The summed E-state index contributed by atoms with van der Waals surface area (Å²) in [6, 6.07) is 17.2. The maximum absolute atomic E-state index is 12.7. The zero-order valence-electron chi connectivity index (χ0n) is 21.8. The fourth-order valence-electron chi connectivity index (χ4n) is 3.95. The Morgan fingerprint density at radius 3 is 1.70 bits per heavy atom. The second-order valence-electron chi connectivity index (χ2n) is 9.05. The highest BCUT2D eigenvalue weighted by Crippen LogP contribution is 2.30. The van der Waals surface area contributed by atoms with Gasteiger partial charge in [0, 0.05) is 0 Å². The van der Waals surface area contributed by atoms with Gasteiger partial charge in [-0.25, -0.2) is 9.59 Å². The van der Waals surface area contributed by atoms with E-state index < -0.39 is 11.9 Å². The second kappa shape index (κ2) is 13.9. The summed E-state index contributed by atoms with van der Waals surface area (Å²) < 4.78 is 16.2. The molecule has 0 atom stereocenters. The van der Waals surface area contributed by atoms with Crippen molar-refractivity contribution in [1.29, 1.82) is 0 Å². The first kappa shape index (κ1) is 27.5. The minimum Gasteiger partial charge on any atom is -0.423 e. The molecule has 0 amide bonds. The van der Waals surface area contributed by atoms with E-state index in [1.807, 2.05) is 38.1 Å². The van der Waals surface area contributed by atoms with Crippen LogP contribution in [0.25, 0.3) is 0 Å². The quantitative estimate of drug-likeness (QED) is 0.111. The smallest absolute Gasteiger partial charge is 0.343 e. The number of carbonyl (C=O) groups excluding carboxylic acids is 2. The van der Waals surface area contributed by atoms with Gasteiger partial charge in [-0.05, 0) is 91.9 Å². The van der Waals surface area contributed by atoms with Crippen LogP contribution in [0.5, 0.6) is 17.2 Å². The van der Waals surface area contributed by atoms with E-state index in [0.717, 1.165) is 18.4 Å². The molecule has 0 saturated carbocycles. The summed E-state index contributed by atoms with van der Waals surface area (Å²) >= 11 is 0. The highest BCUT2D eigenvalue weighted by Gasteiger charge is 2.16. The van der Waals surface area contributed by atoms with Crippen molar-refractivity contribution in [2.24, 2.45) is 0 Å². The number of rotatable bonds is 12. The third-order valence-electron chi connectivity index (χ3n) is 6.37. The number of benzene rings is 3. The molecule has 3 aromatic carbocycles. The van der Waals surface area contributed by atoms with Crippen LogP contribution in [0.1, 0.15) is 82.9 Å². The van der Waals surface area contributed by atoms with Gasteiger partial charge in [0.1, 0.15) is 23.4 Å². The average Bonchev–Trinajstić information content (AvgIpc) is 2.91. The van der Waals surface area contributed by atoms with Gasteiger partial charge in [0.2, 0.25) is 0 Å². The Labute approximate surface area is 219 Å². The Balaban J connectivity index is 1.57. The minimum atomic E-state index is -0.513. The predicted octanol–water partition coefficient (Wildman–Crippen LogP) is 7.61. The zero-order valence-corrected chi connectivity index (χ0v) is 21.8. The summed E-state index contributed by atoms with van der Waals surface area (Å²) in [6.07, 6.45) is 15.8. The van der Waals surface area contributed by atoms with Gasteiger partial charge >= 0.3 is 11.9 Å². The molecule has 0 N–H and O–H groups in total. The number of aryl methyl sites for hydroxylation is 1. The van der Waals surface area contributed by atoms with E-state index in [9.17, 15) is 9.59 Å². The predicted molar refractivity (Wildman–Crippen MR) is 145 cm³/mol. The molecule has 0 unspecified atom stereocenters. The van der Waals surface area contributed by atoms with E-state index in [-0.39, 0.29) is 0 Å². The van der Waals surface area contributed by atoms with Crippen LogP contribution in [-0.2, 0) is 6.42 Å². The van der Waals surface area contributed by atoms with E-state index in [1.54, 1.807) is 36.4 Å². The largest absolute Gasteiger partial charge is 0.423 e. The van der Waals surface area contributed by atoms with Gasteiger partial charge in [0.25, 0.3) is 0 Å². The van der Waals surface area contributed by atoms with Crippen molar-refractivity contribution >= 4 is 11.9 Å². The average molecular weight is 499 g/mol. The van der Waals surface area contributed by atoms with E-state index in [0.29, 0.717) is 33.9 Å². The molecule has 0 heterocycles. The van der Waals surface area contributed by atoms with Gasteiger partial charge in [-0.2, -0.15) is 0 Å². The fourth-order valence-corrected chi connectivity index (χ4v) is 3.95. The van der Waals surface area contributed by atoms with Crippen LogP contribution >= 0.6 is 0 Å². The van der Waals surface area contributed by atoms with Gasteiger partial charge < -0.3 is 14.2 Å². The lowest BCUT2D eigenvalue weighted by atomic mass is 10.0. The summed E-state index contributed by atoms with van der Waals surface area (Å²) in [4.78, 5) is 25.3. The Bertz CT molecular complexity index is 1230. The molecule has 0 radical (unpaired) electrons. The first-order valence-electron chi connectivity index (χ1n) is 12.8. The molecular weight excluding hydrogens is 464 g/mol. The number of unbranched alkanes of at least 4 members (excludes halogenated alkanes) is 5. The number of ether oxygens (including phenoxy) is 3. The van der Waals surface area contributed by atoms with Crippen molar-refractivity contribution < 1.29 is 23.8 Å². The van der Waals surface area contributed by atoms with Crippen molar-refractivity contribution in [2.45, 2.75) is 65.7 Å². The molecule has 5 heteroatoms. The monoisotopic (exact) mass is 498 g/mol. The van der Waals surface area contributed by atoms with Gasteiger partial charge in [0.05, 0.1) is 11.1 Å². The summed E-state index contributed by atoms with van der Waals surface area (Å²) in [5, 5.41) is 0. The molecule has 0 bridgehead atoms. The van der Waals surface area contributed by atoms with Crippen molar-refractivity contribution in [3.8, 4) is 29.8 Å². The van der Waals surface area contributed by atoms with Crippen molar-refractivity contribution in [3.63, 3.8) is 0 Å². The number of esters is 2. The van der Waals surface area contributed by atoms with Crippen LogP contribution in [0.2, 0.25) is 0 Å². The number of hydrogen-bond donors (Lipinski definition) is 0. The number of carbonyl (C=O) groups is 2. The molecule has 3 aromatic rings. The summed E-state index contributed by atoms with van der Waals surface area (Å²) in [7, 11) is 0.